The molecule has 0 saturated carbocycles. The minimum Gasteiger partial charge on any atom is -0.347 e. The lowest BCUT2D eigenvalue weighted by atomic mass is 9.92. The molecule has 1 aliphatic rings. The van der Waals surface area contributed by atoms with Gasteiger partial charge in [-0.15, -0.1) is 0 Å². The molecule has 0 radical (unpaired) electrons. The van der Waals surface area contributed by atoms with Crippen LogP contribution in [0.25, 0.3) is 0 Å². The molecule has 0 aliphatic carbocycles. The van der Waals surface area contributed by atoms with Gasteiger partial charge in [0.05, 0.1) is 6.42 Å². The Kier molecular flexibility index (Phi) is 6.23. The summed E-state index contributed by atoms with van der Waals surface area (Å²) in [4.78, 5) is 40.4. The first kappa shape index (κ1) is 20.9. The Hall–Kier alpha value is -2.86. The number of likely N-dealkylation sites (N-methyl/N-ethyl adjacent to an activating group) is 1. The number of rotatable bonds is 4. The SMILES string of the molecule is CC(=O)Nc1ccc2c(c1)CN(C(=O)Cc1ccc(Cl)cc1)C(C(=O)N(C)C)C2. The van der Waals surface area contributed by atoms with Crippen molar-refractivity contribution in [1.29, 1.82) is 0 Å². The van der Waals surface area contributed by atoms with E-state index in [2.05, 4.69) is 5.32 Å². The van der Waals surface area contributed by atoms with Crippen molar-refractivity contribution < 1.29 is 14.4 Å². The third-order valence-electron chi connectivity index (χ3n) is 4.97. The topological polar surface area (TPSA) is 69.7 Å². The molecule has 3 rings (SSSR count). The van der Waals surface area contributed by atoms with Crippen LogP contribution in [0.2, 0.25) is 5.02 Å². The van der Waals surface area contributed by atoms with Crippen LogP contribution in [0.15, 0.2) is 42.5 Å². The van der Waals surface area contributed by atoms with E-state index in [-0.39, 0.29) is 24.1 Å². The van der Waals surface area contributed by atoms with Gasteiger partial charge in [-0.1, -0.05) is 29.8 Å². The second-order valence-electron chi connectivity index (χ2n) is 7.44. The van der Waals surface area contributed by atoms with E-state index in [1.54, 1.807) is 31.1 Å². The Morgan fingerprint density at radius 2 is 1.79 bits per heavy atom. The van der Waals surface area contributed by atoms with Crippen molar-refractivity contribution >= 4 is 35.0 Å². The fraction of sp³-hybridized carbons (Fsp3) is 0.318. The Balaban J connectivity index is 1.89. The van der Waals surface area contributed by atoms with E-state index in [0.29, 0.717) is 23.7 Å². The molecule has 2 aromatic carbocycles. The molecular formula is C22H24ClN3O3. The van der Waals surface area contributed by atoms with Crippen LogP contribution in [0.1, 0.15) is 23.6 Å². The molecule has 1 aliphatic heterocycles. The van der Waals surface area contributed by atoms with Crippen LogP contribution in [-0.4, -0.2) is 47.7 Å². The first-order valence-electron chi connectivity index (χ1n) is 9.39. The second kappa shape index (κ2) is 8.66. The van der Waals surface area contributed by atoms with Crippen molar-refractivity contribution in [2.75, 3.05) is 19.4 Å². The monoisotopic (exact) mass is 413 g/mol. The first-order valence-corrected chi connectivity index (χ1v) is 9.77. The number of amides is 3. The molecule has 7 heteroatoms. The number of nitrogens with zero attached hydrogens (tertiary/aromatic N) is 2. The van der Waals surface area contributed by atoms with Gasteiger partial charge >= 0.3 is 0 Å². The van der Waals surface area contributed by atoms with Gasteiger partial charge in [-0.3, -0.25) is 14.4 Å². The normalized spacial score (nSPS) is 15.4. The van der Waals surface area contributed by atoms with E-state index in [4.69, 9.17) is 11.6 Å². The number of benzene rings is 2. The number of hydrogen-bond acceptors (Lipinski definition) is 3. The smallest absolute Gasteiger partial charge is 0.245 e. The highest BCUT2D eigenvalue weighted by atomic mass is 35.5. The van der Waals surface area contributed by atoms with Gasteiger partial charge in [0.2, 0.25) is 17.7 Å². The van der Waals surface area contributed by atoms with Crippen LogP contribution < -0.4 is 5.32 Å². The summed E-state index contributed by atoms with van der Waals surface area (Å²) in [6.07, 6.45) is 0.633. The predicted octanol–water partition coefficient (Wildman–Crippen LogP) is 2.88. The molecule has 0 spiro atoms. The predicted molar refractivity (Wildman–Crippen MR) is 113 cm³/mol. The molecule has 1 unspecified atom stereocenters. The van der Waals surface area contributed by atoms with Crippen LogP contribution in [-0.2, 0) is 33.8 Å². The van der Waals surface area contributed by atoms with E-state index < -0.39 is 6.04 Å². The number of nitrogens with one attached hydrogen (secondary N) is 1. The summed E-state index contributed by atoms with van der Waals surface area (Å²) in [5.74, 6) is -0.383. The zero-order valence-electron chi connectivity index (χ0n) is 16.7. The van der Waals surface area contributed by atoms with Gasteiger partial charge in [0, 0.05) is 44.7 Å². The van der Waals surface area contributed by atoms with Gasteiger partial charge in [-0.05, 0) is 41.0 Å². The minimum atomic E-state index is -0.552. The maximum Gasteiger partial charge on any atom is 0.245 e. The average Bonchev–Trinajstić information content (AvgIpc) is 2.67. The van der Waals surface area contributed by atoms with Crippen molar-refractivity contribution in [3.63, 3.8) is 0 Å². The summed E-state index contributed by atoms with van der Waals surface area (Å²) in [6.45, 7) is 1.77. The average molecular weight is 414 g/mol. The number of hydrogen-bond donors (Lipinski definition) is 1. The highest BCUT2D eigenvalue weighted by Crippen LogP contribution is 2.28. The largest absolute Gasteiger partial charge is 0.347 e. The van der Waals surface area contributed by atoms with E-state index >= 15 is 0 Å². The van der Waals surface area contributed by atoms with Gasteiger partial charge < -0.3 is 15.1 Å². The van der Waals surface area contributed by atoms with Crippen molar-refractivity contribution in [2.24, 2.45) is 0 Å². The summed E-state index contributed by atoms with van der Waals surface area (Å²) in [7, 11) is 3.39. The maximum absolute atomic E-state index is 13.1. The molecule has 0 bridgehead atoms. The Labute approximate surface area is 175 Å². The Morgan fingerprint density at radius 1 is 1.10 bits per heavy atom. The maximum atomic E-state index is 13.1. The van der Waals surface area contributed by atoms with Crippen LogP contribution in [0.4, 0.5) is 5.69 Å². The quantitative estimate of drug-likeness (QED) is 0.837. The van der Waals surface area contributed by atoms with Crippen LogP contribution in [0.5, 0.6) is 0 Å². The highest BCUT2D eigenvalue weighted by molar-refractivity contribution is 6.30. The summed E-state index contributed by atoms with van der Waals surface area (Å²) in [6, 6.07) is 12.2. The van der Waals surface area contributed by atoms with E-state index in [1.165, 1.54) is 11.8 Å². The number of anilines is 1. The molecule has 1 N–H and O–H groups in total. The van der Waals surface area contributed by atoms with Gasteiger partial charge in [-0.25, -0.2) is 0 Å². The third kappa shape index (κ3) is 4.95. The highest BCUT2D eigenvalue weighted by Gasteiger charge is 2.35. The third-order valence-corrected chi connectivity index (χ3v) is 5.22. The van der Waals surface area contributed by atoms with Crippen LogP contribution in [0, 0.1) is 0 Å². The van der Waals surface area contributed by atoms with Crippen molar-refractivity contribution in [2.45, 2.75) is 32.4 Å². The molecule has 3 amide bonds. The molecule has 29 heavy (non-hydrogen) atoms. The summed E-state index contributed by atoms with van der Waals surface area (Å²) in [5, 5.41) is 3.38. The van der Waals surface area contributed by atoms with Crippen molar-refractivity contribution in [3.05, 3.63) is 64.2 Å². The number of carbonyl (C=O) groups is 3. The number of carbonyl (C=O) groups excluding carboxylic acids is 3. The zero-order valence-corrected chi connectivity index (χ0v) is 17.5. The number of halogens is 1. The van der Waals surface area contributed by atoms with Crippen LogP contribution in [0.3, 0.4) is 0 Å². The molecule has 2 aromatic rings. The standard InChI is InChI=1S/C22H24ClN3O3/c1-14(27)24-19-9-6-16-12-20(22(29)25(2)3)26(13-17(16)11-19)21(28)10-15-4-7-18(23)8-5-15/h4-9,11,20H,10,12-13H2,1-3H3,(H,24,27). The molecule has 0 fully saturated rings. The Bertz CT molecular complexity index is 941. The Morgan fingerprint density at radius 3 is 2.41 bits per heavy atom. The van der Waals surface area contributed by atoms with Crippen molar-refractivity contribution in [3.8, 4) is 0 Å². The fourth-order valence-electron chi connectivity index (χ4n) is 3.52. The number of fused-ring (bicyclic) bond motifs is 1. The van der Waals surface area contributed by atoms with E-state index in [9.17, 15) is 14.4 Å². The van der Waals surface area contributed by atoms with E-state index in [0.717, 1.165) is 16.7 Å². The lowest BCUT2D eigenvalue weighted by Gasteiger charge is -2.37. The van der Waals surface area contributed by atoms with Crippen molar-refractivity contribution in [1.82, 2.24) is 9.80 Å². The second-order valence-corrected chi connectivity index (χ2v) is 7.88. The fourth-order valence-corrected chi connectivity index (χ4v) is 3.65. The summed E-state index contributed by atoms with van der Waals surface area (Å²) in [5.41, 5.74) is 3.46. The first-order chi connectivity index (χ1) is 13.7. The van der Waals surface area contributed by atoms with E-state index in [1.807, 2.05) is 30.3 Å². The minimum absolute atomic E-state index is 0.106. The summed E-state index contributed by atoms with van der Waals surface area (Å²) < 4.78 is 0. The summed E-state index contributed by atoms with van der Waals surface area (Å²) >= 11 is 5.93. The van der Waals surface area contributed by atoms with Gasteiger partial charge in [0.25, 0.3) is 0 Å². The lowest BCUT2D eigenvalue weighted by molar-refractivity contribution is -0.145. The molecule has 0 saturated heterocycles. The zero-order chi connectivity index (χ0) is 21.1. The van der Waals surface area contributed by atoms with Gasteiger partial charge in [-0.2, -0.15) is 0 Å². The molecule has 152 valence electrons. The lowest BCUT2D eigenvalue weighted by Crippen LogP contribution is -2.52. The molecule has 0 aromatic heterocycles. The van der Waals surface area contributed by atoms with Crippen LogP contribution >= 0.6 is 11.6 Å². The van der Waals surface area contributed by atoms with Gasteiger partial charge in [0.15, 0.2) is 0 Å². The van der Waals surface area contributed by atoms with Gasteiger partial charge in [0.1, 0.15) is 6.04 Å². The molecular weight excluding hydrogens is 390 g/mol. The molecule has 1 atom stereocenters. The molecule has 1 heterocycles. The molecule has 6 nitrogen and oxygen atoms in total.